The van der Waals surface area contributed by atoms with E-state index in [1.807, 2.05) is 25.6 Å². The fourth-order valence-corrected chi connectivity index (χ4v) is 3.03. The largest absolute Gasteiger partial charge is 0.310 e. The maximum Gasteiger partial charge on any atom is 0.0683 e. The van der Waals surface area contributed by atoms with E-state index >= 15 is 0 Å². The summed E-state index contributed by atoms with van der Waals surface area (Å²) in [6.07, 6.45) is 3.21. The predicted molar refractivity (Wildman–Crippen MR) is 92.5 cm³/mol. The third-order valence-electron chi connectivity index (χ3n) is 3.58. The van der Waals surface area contributed by atoms with Crippen molar-refractivity contribution >= 4 is 11.8 Å². The molecule has 1 aromatic carbocycles. The molecule has 0 bridgehead atoms. The first-order valence-corrected chi connectivity index (χ1v) is 8.84. The van der Waals surface area contributed by atoms with Gasteiger partial charge in [-0.1, -0.05) is 19.1 Å². The summed E-state index contributed by atoms with van der Waals surface area (Å²) in [4.78, 5) is 1.33. The zero-order chi connectivity index (χ0) is 15.7. The third-order valence-corrected chi connectivity index (χ3v) is 4.66. The van der Waals surface area contributed by atoms with Crippen LogP contribution in [0.5, 0.6) is 0 Å². The van der Waals surface area contributed by atoms with E-state index in [2.05, 4.69) is 49.5 Å². The Balaban J connectivity index is 2.44. The molecule has 0 saturated carbocycles. The molecular weight excluding hydrogens is 276 g/mol. The molecule has 1 atom stereocenters. The smallest absolute Gasteiger partial charge is 0.0683 e. The van der Waals surface area contributed by atoms with Crippen molar-refractivity contribution in [2.45, 2.75) is 57.9 Å². The summed E-state index contributed by atoms with van der Waals surface area (Å²) in [6.45, 7) is 9.49. The number of hydrogen-bond donors (Lipinski definition) is 1. The Morgan fingerprint density at radius 3 is 2.81 bits per heavy atom. The highest BCUT2D eigenvalue weighted by molar-refractivity contribution is 7.99. The van der Waals surface area contributed by atoms with E-state index in [-0.39, 0.29) is 5.41 Å². The lowest BCUT2D eigenvalue weighted by atomic mass is 9.90. The van der Waals surface area contributed by atoms with Gasteiger partial charge in [-0.15, -0.1) is 11.8 Å². The molecule has 0 aliphatic heterocycles. The minimum absolute atomic E-state index is 0.193. The Morgan fingerprint density at radius 2 is 2.14 bits per heavy atom. The van der Waals surface area contributed by atoms with E-state index in [0.29, 0.717) is 6.04 Å². The molecule has 0 aliphatic rings. The van der Waals surface area contributed by atoms with E-state index in [4.69, 9.17) is 5.26 Å². The van der Waals surface area contributed by atoms with Crippen LogP contribution in [0.2, 0.25) is 0 Å². The number of nitrogens with one attached hydrogen (secondary N) is 1. The number of nitriles is 1. The number of rotatable bonds is 9. The van der Waals surface area contributed by atoms with Gasteiger partial charge in [0, 0.05) is 10.9 Å². The molecule has 2 nitrogen and oxygen atoms in total. The Bertz CT molecular complexity index is 463. The van der Waals surface area contributed by atoms with Crippen molar-refractivity contribution in [3.05, 3.63) is 29.8 Å². The summed E-state index contributed by atoms with van der Waals surface area (Å²) >= 11 is 1.89. The molecule has 0 amide bonds. The molecule has 1 rings (SSSR count). The Kier molecular flexibility index (Phi) is 7.85. The first-order chi connectivity index (χ1) is 9.98. The van der Waals surface area contributed by atoms with Gasteiger partial charge in [-0.2, -0.15) is 5.26 Å². The van der Waals surface area contributed by atoms with E-state index in [0.717, 1.165) is 31.6 Å². The standard InChI is InChI=1S/C18H28N2S/c1-5-11-20-15(2)16-8-6-9-17(13-16)21-12-7-10-18(3,4)14-19/h6,8-9,13,15,20H,5,7,10-12H2,1-4H3. The molecule has 3 heteroatoms. The summed E-state index contributed by atoms with van der Waals surface area (Å²) in [5.74, 6) is 1.07. The van der Waals surface area contributed by atoms with Crippen molar-refractivity contribution < 1.29 is 0 Å². The summed E-state index contributed by atoms with van der Waals surface area (Å²) in [5.41, 5.74) is 1.16. The van der Waals surface area contributed by atoms with Gasteiger partial charge in [-0.05, 0) is 70.0 Å². The van der Waals surface area contributed by atoms with E-state index in [9.17, 15) is 0 Å². The zero-order valence-corrected chi connectivity index (χ0v) is 14.6. The van der Waals surface area contributed by atoms with Gasteiger partial charge >= 0.3 is 0 Å². The molecule has 0 aromatic heterocycles. The lowest BCUT2D eigenvalue weighted by molar-refractivity contribution is 0.448. The van der Waals surface area contributed by atoms with Gasteiger partial charge in [-0.25, -0.2) is 0 Å². The third kappa shape index (κ3) is 7.02. The Labute approximate surface area is 134 Å². The maximum atomic E-state index is 9.01. The normalized spacial score (nSPS) is 12.9. The van der Waals surface area contributed by atoms with E-state index in [1.54, 1.807) is 0 Å². The molecule has 116 valence electrons. The average molecular weight is 305 g/mol. The monoisotopic (exact) mass is 304 g/mol. The topological polar surface area (TPSA) is 35.8 Å². The van der Waals surface area contributed by atoms with Gasteiger partial charge in [0.25, 0.3) is 0 Å². The average Bonchev–Trinajstić information content (AvgIpc) is 2.49. The fourth-order valence-electron chi connectivity index (χ4n) is 2.11. The molecule has 1 unspecified atom stereocenters. The number of hydrogen-bond acceptors (Lipinski definition) is 3. The highest BCUT2D eigenvalue weighted by atomic mass is 32.2. The van der Waals surface area contributed by atoms with Crippen LogP contribution in [0.3, 0.4) is 0 Å². The first kappa shape index (κ1) is 18.1. The summed E-state index contributed by atoms with van der Waals surface area (Å²) in [5, 5.41) is 12.5. The van der Waals surface area contributed by atoms with Gasteiger partial charge < -0.3 is 5.32 Å². The van der Waals surface area contributed by atoms with Crippen molar-refractivity contribution in [1.29, 1.82) is 5.26 Å². The second kappa shape index (κ2) is 9.12. The Morgan fingerprint density at radius 1 is 1.38 bits per heavy atom. The van der Waals surface area contributed by atoms with Crippen molar-refractivity contribution in [2.24, 2.45) is 5.41 Å². The molecule has 0 spiro atoms. The quantitative estimate of drug-likeness (QED) is 0.505. The van der Waals surface area contributed by atoms with Gasteiger partial charge in [0.1, 0.15) is 0 Å². The lowest BCUT2D eigenvalue weighted by Crippen LogP contribution is -2.19. The van der Waals surface area contributed by atoms with E-state index < -0.39 is 0 Å². The van der Waals surface area contributed by atoms with Crippen LogP contribution in [0.25, 0.3) is 0 Å². The van der Waals surface area contributed by atoms with E-state index in [1.165, 1.54) is 10.5 Å². The minimum Gasteiger partial charge on any atom is -0.310 e. The molecule has 1 aromatic rings. The Hall–Kier alpha value is -0.980. The van der Waals surface area contributed by atoms with Gasteiger partial charge in [0.2, 0.25) is 0 Å². The van der Waals surface area contributed by atoms with Gasteiger partial charge in [-0.3, -0.25) is 0 Å². The van der Waals surface area contributed by atoms with Crippen molar-refractivity contribution in [3.63, 3.8) is 0 Å². The lowest BCUT2D eigenvalue weighted by Gasteiger charge is -2.15. The van der Waals surface area contributed by atoms with Crippen LogP contribution in [-0.4, -0.2) is 12.3 Å². The maximum absolute atomic E-state index is 9.01. The second-order valence-corrected chi connectivity index (χ2v) is 7.36. The molecule has 0 fully saturated rings. The molecule has 21 heavy (non-hydrogen) atoms. The van der Waals surface area contributed by atoms with Crippen molar-refractivity contribution in [1.82, 2.24) is 5.32 Å². The van der Waals surface area contributed by atoms with Crippen LogP contribution in [-0.2, 0) is 0 Å². The van der Waals surface area contributed by atoms with Crippen LogP contribution in [0, 0.1) is 16.7 Å². The number of benzene rings is 1. The van der Waals surface area contributed by atoms with Crippen LogP contribution in [0.4, 0.5) is 0 Å². The molecular formula is C18H28N2S. The summed E-state index contributed by atoms with van der Waals surface area (Å²) in [6, 6.07) is 11.6. The molecule has 0 saturated heterocycles. The highest BCUT2D eigenvalue weighted by Crippen LogP contribution is 2.26. The summed E-state index contributed by atoms with van der Waals surface area (Å²) < 4.78 is 0. The molecule has 0 heterocycles. The van der Waals surface area contributed by atoms with Crippen LogP contribution in [0.1, 0.15) is 58.6 Å². The summed E-state index contributed by atoms with van der Waals surface area (Å²) in [7, 11) is 0. The van der Waals surface area contributed by atoms with Crippen molar-refractivity contribution in [3.8, 4) is 6.07 Å². The fraction of sp³-hybridized carbons (Fsp3) is 0.611. The molecule has 1 N–H and O–H groups in total. The van der Waals surface area contributed by atoms with Crippen molar-refractivity contribution in [2.75, 3.05) is 12.3 Å². The SMILES string of the molecule is CCCNC(C)c1cccc(SCCCC(C)(C)C#N)c1. The minimum atomic E-state index is -0.193. The van der Waals surface area contributed by atoms with Crippen LogP contribution < -0.4 is 5.32 Å². The molecule has 0 aliphatic carbocycles. The number of nitrogens with zero attached hydrogens (tertiary/aromatic N) is 1. The predicted octanol–water partition coefficient (Wildman–Crippen LogP) is 5.17. The first-order valence-electron chi connectivity index (χ1n) is 7.86. The second-order valence-electron chi connectivity index (χ2n) is 6.20. The number of thioether (sulfide) groups is 1. The van der Waals surface area contributed by atoms with Gasteiger partial charge in [0.15, 0.2) is 0 Å². The molecule has 0 radical (unpaired) electrons. The van der Waals surface area contributed by atoms with Crippen LogP contribution >= 0.6 is 11.8 Å². The van der Waals surface area contributed by atoms with Crippen LogP contribution in [0.15, 0.2) is 29.2 Å². The van der Waals surface area contributed by atoms with Gasteiger partial charge in [0.05, 0.1) is 11.5 Å². The highest BCUT2D eigenvalue weighted by Gasteiger charge is 2.15. The zero-order valence-electron chi connectivity index (χ0n) is 13.8.